The maximum Gasteiger partial charge on any atom is 0.250 e. The summed E-state index contributed by atoms with van der Waals surface area (Å²) in [6.45, 7) is 3.82. The molecule has 5 nitrogen and oxygen atoms in total. The first-order valence-corrected chi connectivity index (χ1v) is 8.07. The van der Waals surface area contributed by atoms with Gasteiger partial charge in [0, 0.05) is 23.3 Å². The van der Waals surface area contributed by atoms with Crippen LogP contribution in [0.2, 0.25) is 0 Å². The number of benzene rings is 1. The highest BCUT2D eigenvalue weighted by atomic mass is 16.3. The molecule has 1 fully saturated rings. The lowest BCUT2D eigenvalue weighted by molar-refractivity contribution is 0.100. The van der Waals surface area contributed by atoms with Gasteiger partial charge in [0.1, 0.15) is 11.4 Å². The molecular weight excluding hydrogens is 302 g/mol. The highest BCUT2D eigenvalue weighted by Crippen LogP contribution is 2.41. The number of pyridine rings is 1. The van der Waals surface area contributed by atoms with E-state index in [2.05, 4.69) is 4.98 Å². The van der Waals surface area contributed by atoms with E-state index in [0.717, 1.165) is 27.8 Å². The molecule has 1 aromatic carbocycles. The van der Waals surface area contributed by atoms with Crippen LogP contribution in [0.5, 0.6) is 5.75 Å². The summed E-state index contributed by atoms with van der Waals surface area (Å²) >= 11 is 0. The third-order valence-corrected chi connectivity index (χ3v) is 4.82. The number of carbonyl (C=O) groups is 1. The van der Waals surface area contributed by atoms with E-state index < -0.39 is 5.91 Å². The highest BCUT2D eigenvalue weighted by Gasteiger charge is 2.26. The molecule has 24 heavy (non-hydrogen) atoms. The topological polar surface area (TPSA) is 81.1 Å². The van der Waals surface area contributed by atoms with Gasteiger partial charge in [0.2, 0.25) is 0 Å². The summed E-state index contributed by atoms with van der Waals surface area (Å²) in [5, 5.41) is 10.8. The largest absolute Gasteiger partial charge is 0.508 e. The molecule has 0 unspecified atom stereocenters. The van der Waals surface area contributed by atoms with E-state index in [9.17, 15) is 9.90 Å². The summed E-state index contributed by atoms with van der Waals surface area (Å²) in [5.41, 5.74) is 10.5. The Labute approximate surface area is 139 Å². The second-order valence-corrected chi connectivity index (χ2v) is 6.57. The van der Waals surface area contributed by atoms with Gasteiger partial charge in [0.05, 0.1) is 11.3 Å². The van der Waals surface area contributed by atoms with Crippen LogP contribution in [0.25, 0.3) is 16.7 Å². The number of phenols is 1. The van der Waals surface area contributed by atoms with Crippen molar-refractivity contribution >= 4 is 16.9 Å². The van der Waals surface area contributed by atoms with Crippen LogP contribution in [0, 0.1) is 13.8 Å². The first kappa shape index (κ1) is 14.8. The molecule has 3 N–H and O–H groups in total. The zero-order valence-electron chi connectivity index (χ0n) is 13.7. The number of aromatic hydroxyl groups is 1. The molecule has 4 rings (SSSR count). The number of hydrogen-bond donors (Lipinski definition) is 2. The standard InChI is InChI=1S/C19H19N3O2/c1-10-3-6-16(23)11(2)17(10)22-9-15(18(20)24)14-7-13(12-4-5-12)8-21-19(14)22/h3,6-9,12,23H,4-5H2,1-2H3,(H2,20,24). The number of fused-ring (bicyclic) bond motifs is 1. The van der Waals surface area contributed by atoms with E-state index in [1.54, 1.807) is 12.3 Å². The molecule has 2 heterocycles. The highest BCUT2D eigenvalue weighted by molar-refractivity contribution is 6.06. The smallest absolute Gasteiger partial charge is 0.250 e. The number of nitrogens with two attached hydrogens (primary N) is 1. The maximum atomic E-state index is 11.9. The van der Waals surface area contributed by atoms with Crippen LogP contribution in [0.1, 0.15) is 45.8 Å². The molecule has 1 amide bonds. The Morgan fingerprint density at radius 2 is 2.08 bits per heavy atom. The van der Waals surface area contributed by atoms with Gasteiger partial charge in [-0.2, -0.15) is 0 Å². The van der Waals surface area contributed by atoms with Gasteiger partial charge in [-0.3, -0.25) is 9.36 Å². The van der Waals surface area contributed by atoms with Crippen molar-refractivity contribution in [3.05, 3.63) is 52.8 Å². The van der Waals surface area contributed by atoms with E-state index in [1.807, 2.05) is 36.7 Å². The minimum atomic E-state index is -0.469. The molecule has 0 saturated heterocycles. The van der Waals surface area contributed by atoms with Gasteiger partial charge in [-0.15, -0.1) is 0 Å². The maximum absolute atomic E-state index is 11.9. The number of carbonyl (C=O) groups excluding carboxylic acids is 1. The lowest BCUT2D eigenvalue weighted by atomic mass is 10.1. The van der Waals surface area contributed by atoms with Crippen molar-refractivity contribution in [3.63, 3.8) is 0 Å². The molecule has 2 aromatic heterocycles. The first-order chi connectivity index (χ1) is 11.5. The Hall–Kier alpha value is -2.82. The number of hydrogen-bond acceptors (Lipinski definition) is 3. The number of rotatable bonds is 3. The second kappa shape index (κ2) is 5.09. The van der Waals surface area contributed by atoms with Crippen LogP contribution in [0.3, 0.4) is 0 Å². The normalized spacial score (nSPS) is 14.2. The molecule has 0 aliphatic heterocycles. The molecule has 0 atom stereocenters. The summed E-state index contributed by atoms with van der Waals surface area (Å²) < 4.78 is 1.86. The van der Waals surface area contributed by atoms with E-state index in [-0.39, 0.29) is 5.75 Å². The summed E-state index contributed by atoms with van der Waals surface area (Å²) in [6.07, 6.45) is 5.95. The Morgan fingerprint density at radius 1 is 1.33 bits per heavy atom. The van der Waals surface area contributed by atoms with Crippen molar-refractivity contribution in [3.8, 4) is 11.4 Å². The number of aryl methyl sites for hydroxylation is 1. The zero-order valence-corrected chi connectivity index (χ0v) is 13.7. The number of nitrogens with zero attached hydrogens (tertiary/aromatic N) is 2. The summed E-state index contributed by atoms with van der Waals surface area (Å²) in [5.74, 6) is 0.298. The van der Waals surface area contributed by atoms with Crippen LogP contribution < -0.4 is 5.73 Å². The van der Waals surface area contributed by atoms with Crippen LogP contribution in [-0.2, 0) is 0 Å². The van der Waals surface area contributed by atoms with Gasteiger partial charge in [-0.05, 0) is 55.9 Å². The Bertz CT molecular complexity index is 984. The Kier molecular flexibility index (Phi) is 3.13. The van der Waals surface area contributed by atoms with Crippen molar-refractivity contribution in [1.29, 1.82) is 0 Å². The van der Waals surface area contributed by atoms with Gasteiger partial charge < -0.3 is 10.8 Å². The van der Waals surface area contributed by atoms with Crippen LogP contribution >= 0.6 is 0 Å². The van der Waals surface area contributed by atoms with Crippen molar-refractivity contribution < 1.29 is 9.90 Å². The zero-order chi connectivity index (χ0) is 17.0. The third kappa shape index (κ3) is 2.16. The molecular formula is C19H19N3O2. The second-order valence-electron chi connectivity index (χ2n) is 6.57. The summed E-state index contributed by atoms with van der Waals surface area (Å²) in [7, 11) is 0. The first-order valence-electron chi connectivity index (χ1n) is 8.07. The van der Waals surface area contributed by atoms with Gasteiger partial charge in [0.25, 0.3) is 5.91 Å². The molecule has 0 radical (unpaired) electrons. The number of phenolic OH excluding ortho intramolecular Hbond substituents is 1. The Balaban J connectivity index is 2.03. The third-order valence-electron chi connectivity index (χ3n) is 4.82. The molecule has 3 aromatic rings. The van der Waals surface area contributed by atoms with Gasteiger partial charge >= 0.3 is 0 Å². The van der Waals surface area contributed by atoms with E-state index >= 15 is 0 Å². The minimum Gasteiger partial charge on any atom is -0.508 e. The predicted molar refractivity (Wildman–Crippen MR) is 92.7 cm³/mol. The molecule has 0 spiro atoms. The van der Waals surface area contributed by atoms with Crippen molar-refractivity contribution in [2.45, 2.75) is 32.6 Å². The van der Waals surface area contributed by atoms with Crippen molar-refractivity contribution in [2.24, 2.45) is 5.73 Å². The van der Waals surface area contributed by atoms with Gasteiger partial charge in [0.15, 0.2) is 0 Å². The van der Waals surface area contributed by atoms with Gasteiger partial charge in [-0.1, -0.05) is 6.07 Å². The molecule has 1 aliphatic carbocycles. The lowest BCUT2D eigenvalue weighted by Gasteiger charge is -2.13. The van der Waals surface area contributed by atoms with E-state index in [4.69, 9.17) is 5.73 Å². The predicted octanol–water partition coefficient (Wildman–Crippen LogP) is 3.32. The molecule has 5 heteroatoms. The number of amides is 1. The van der Waals surface area contributed by atoms with E-state index in [1.165, 1.54) is 12.8 Å². The fourth-order valence-corrected chi connectivity index (χ4v) is 3.33. The average molecular weight is 321 g/mol. The minimum absolute atomic E-state index is 0.215. The SMILES string of the molecule is Cc1ccc(O)c(C)c1-n1cc(C(N)=O)c2cc(C3CC3)cnc21. The fourth-order valence-electron chi connectivity index (χ4n) is 3.33. The summed E-state index contributed by atoms with van der Waals surface area (Å²) in [6, 6.07) is 5.56. The van der Waals surface area contributed by atoms with Gasteiger partial charge in [-0.25, -0.2) is 4.98 Å². The van der Waals surface area contributed by atoms with Crippen molar-refractivity contribution in [1.82, 2.24) is 9.55 Å². The summed E-state index contributed by atoms with van der Waals surface area (Å²) in [4.78, 5) is 16.5. The molecule has 122 valence electrons. The van der Waals surface area contributed by atoms with Crippen LogP contribution in [0.4, 0.5) is 0 Å². The number of primary amides is 1. The lowest BCUT2D eigenvalue weighted by Crippen LogP contribution is -2.10. The fraction of sp³-hybridized carbons (Fsp3) is 0.263. The molecule has 1 saturated carbocycles. The molecule has 1 aliphatic rings. The van der Waals surface area contributed by atoms with Crippen molar-refractivity contribution in [2.75, 3.05) is 0 Å². The average Bonchev–Trinajstić information content (AvgIpc) is 3.33. The van der Waals surface area contributed by atoms with E-state index in [0.29, 0.717) is 17.1 Å². The monoisotopic (exact) mass is 321 g/mol. The number of aromatic nitrogens is 2. The molecule has 0 bridgehead atoms. The Morgan fingerprint density at radius 3 is 2.75 bits per heavy atom. The quantitative estimate of drug-likeness (QED) is 0.776. The van der Waals surface area contributed by atoms with Crippen LogP contribution in [0.15, 0.2) is 30.6 Å². The van der Waals surface area contributed by atoms with Crippen LogP contribution in [-0.4, -0.2) is 20.6 Å².